The number of benzene rings is 3. The van der Waals surface area contributed by atoms with E-state index in [9.17, 15) is 4.79 Å². The number of hydrogen-bond donors (Lipinski definition) is 0. The van der Waals surface area contributed by atoms with Crippen LogP contribution < -0.4 is 0 Å². The number of unbranched alkanes of at least 4 members (excludes halogenated alkanes) is 15. The maximum atomic E-state index is 13.3. The lowest BCUT2D eigenvalue weighted by Crippen LogP contribution is -2.13. The predicted octanol–water partition coefficient (Wildman–Crippen LogP) is 13.5. The molecule has 4 heteroatoms. The molecule has 0 aliphatic heterocycles. The maximum absolute atomic E-state index is 13.3. The molecule has 0 saturated heterocycles. The van der Waals surface area contributed by atoms with Gasteiger partial charge in [0.2, 0.25) is 0 Å². The van der Waals surface area contributed by atoms with Crippen molar-refractivity contribution in [3.05, 3.63) is 102 Å². The van der Waals surface area contributed by atoms with Gasteiger partial charge in [0.05, 0.1) is 5.75 Å². The molecule has 1 atom stereocenters. The van der Waals surface area contributed by atoms with E-state index in [4.69, 9.17) is 0 Å². The molecule has 0 radical (unpaired) electrons. The fraction of sp³-hybridized carbons (Fsp3) is 0.525. The van der Waals surface area contributed by atoms with Crippen molar-refractivity contribution in [2.75, 3.05) is 17.8 Å². The molecule has 0 aliphatic carbocycles. The van der Waals surface area contributed by atoms with Gasteiger partial charge in [-0.3, -0.25) is 4.79 Å². The molecule has 0 N–H and O–H groups in total. The monoisotopic (exact) mass is 650 g/mol. The molecule has 44 heavy (non-hydrogen) atoms. The molecular formula is C40H58OS3. The van der Waals surface area contributed by atoms with Gasteiger partial charge in [-0.05, 0) is 68.7 Å². The van der Waals surface area contributed by atoms with Crippen LogP contribution in [0.3, 0.4) is 0 Å². The fourth-order valence-corrected chi connectivity index (χ4v) is 13.4. The summed E-state index contributed by atoms with van der Waals surface area (Å²) in [5, 5.41) is 0. The van der Waals surface area contributed by atoms with Crippen molar-refractivity contribution < 1.29 is 4.79 Å². The SMILES string of the molecule is CCCCCCCCCCCCCCCCCCS(C)(CC(=O)c1ccccc1)SSc1cccc(Cc2ccccc2)c1. The van der Waals surface area contributed by atoms with Gasteiger partial charge in [0.1, 0.15) is 0 Å². The van der Waals surface area contributed by atoms with E-state index < -0.39 is 9.06 Å². The summed E-state index contributed by atoms with van der Waals surface area (Å²) in [6.07, 6.45) is 25.6. The summed E-state index contributed by atoms with van der Waals surface area (Å²) in [6.45, 7) is 2.29. The van der Waals surface area contributed by atoms with Crippen LogP contribution in [0.4, 0.5) is 0 Å². The quantitative estimate of drug-likeness (QED) is 0.0516. The van der Waals surface area contributed by atoms with Gasteiger partial charge in [-0.15, -0.1) is 0 Å². The van der Waals surface area contributed by atoms with E-state index in [1.807, 2.05) is 51.0 Å². The van der Waals surface area contributed by atoms with Gasteiger partial charge in [-0.2, -0.15) is 9.06 Å². The highest BCUT2D eigenvalue weighted by molar-refractivity contribution is 9.19. The van der Waals surface area contributed by atoms with E-state index in [2.05, 4.69) is 67.8 Å². The zero-order valence-electron chi connectivity index (χ0n) is 27.7. The molecule has 0 amide bonds. The highest BCUT2D eigenvalue weighted by Gasteiger charge is 2.24. The van der Waals surface area contributed by atoms with Gasteiger partial charge in [0, 0.05) is 10.5 Å². The van der Waals surface area contributed by atoms with Gasteiger partial charge < -0.3 is 0 Å². The van der Waals surface area contributed by atoms with Crippen molar-refractivity contribution in [2.24, 2.45) is 0 Å². The van der Waals surface area contributed by atoms with Crippen LogP contribution >= 0.6 is 29.7 Å². The molecular weight excluding hydrogens is 593 g/mol. The van der Waals surface area contributed by atoms with Crippen LogP contribution in [0.15, 0.2) is 89.8 Å². The molecule has 3 aromatic rings. The molecule has 0 bridgehead atoms. The van der Waals surface area contributed by atoms with E-state index in [0.717, 1.165) is 17.7 Å². The average molecular weight is 651 g/mol. The third-order valence-corrected chi connectivity index (χ3v) is 17.5. The minimum absolute atomic E-state index is 0.297. The molecule has 0 spiro atoms. The normalized spacial score (nSPS) is 13.4. The topological polar surface area (TPSA) is 17.1 Å². The number of ketones is 1. The molecule has 0 aliphatic rings. The molecule has 0 aromatic heterocycles. The molecule has 242 valence electrons. The van der Waals surface area contributed by atoms with Crippen molar-refractivity contribution >= 4 is 35.5 Å². The summed E-state index contributed by atoms with van der Waals surface area (Å²) in [5.41, 5.74) is 3.54. The van der Waals surface area contributed by atoms with Gasteiger partial charge in [-0.25, -0.2) is 0 Å². The maximum Gasteiger partial charge on any atom is 0.171 e. The van der Waals surface area contributed by atoms with Crippen molar-refractivity contribution in [1.82, 2.24) is 0 Å². The molecule has 3 aromatic carbocycles. The Labute approximate surface area is 279 Å². The molecule has 0 fully saturated rings. The van der Waals surface area contributed by atoms with Crippen LogP contribution in [0, 0.1) is 0 Å². The van der Waals surface area contributed by atoms with Gasteiger partial charge in [0.25, 0.3) is 0 Å². The first-order valence-electron chi connectivity index (χ1n) is 17.4. The largest absolute Gasteiger partial charge is 0.293 e. The number of carbonyl (C=O) groups excluding carboxylic acids is 1. The predicted molar refractivity (Wildman–Crippen MR) is 203 cm³/mol. The summed E-state index contributed by atoms with van der Waals surface area (Å²) < 4.78 is 0. The Balaban J connectivity index is 1.38. The Hall–Kier alpha value is -1.62. The average Bonchev–Trinajstić information content (AvgIpc) is 3.05. The standard InChI is InChI=1S/C40H58OS3/c1-3-4-5-6-7-8-9-10-11-12-13-14-15-16-17-24-32-44(2,35-40(41)38-29-22-19-23-30-38)43-42-39-31-25-28-37(34-39)33-36-26-20-18-21-27-36/h18-23,25-31,34H,3-17,24,32-33,35H2,1-2H3. The van der Waals surface area contributed by atoms with Crippen LogP contribution in [-0.4, -0.2) is 23.5 Å². The smallest absolute Gasteiger partial charge is 0.171 e. The van der Waals surface area contributed by atoms with Crippen molar-refractivity contribution in [1.29, 1.82) is 0 Å². The zero-order chi connectivity index (χ0) is 31.1. The first-order chi connectivity index (χ1) is 21.6. The first-order valence-corrected chi connectivity index (χ1v) is 22.4. The first kappa shape index (κ1) is 36.8. The number of rotatable bonds is 25. The minimum Gasteiger partial charge on any atom is -0.293 e. The van der Waals surface area contributed by atoms with Crippen molar-refractivity contribution in [3.8, 4) is 0 Å². The molecule has 3 rings (SSSR count). The Morgan fingerprint density at radius 2 is 1.09 bits per heavy atom. The fourth-order valence-electron chi connectivity index (χ4n) is 5.73. The lowest BCUT2D eigenvalue weighted by Gasteiger charge is -2.33. The lowest BCUT2D eigenvalue weighted by molar-refractivity contribution is 0.102. The Morgan fingerprint density at radius 3 is 1.66 bits per heavy atom. The minimum atomic E-state index is -1.15. The Morgan fingerprint density at radius 1 is 0.591 bits per heavy atom. The summed E-state index contributed by atoms with van der Waals surface area (Å²) in [4.78, 5) is 14.6. The van der Waals surface area contributed by atoms with E-state index >= 15 is 0 Å². The van der Waals surface area contributed by atoms with E-state index in [0.29, 0.717) is 11.5 Å². The summed E-state index contributed by atoms with van der Waals surface area (Å²) >= 11 is 0. The highest BCUT2D eigenvalue weighted by Crippen LogP contribution is 2.64. The lowest BCUT2D eigenvalue weighted by atomic mass is 10.0. The number of hydrogen-bond acceptors (Lipinski definition) is 3. The van der Waals surface area contributed by atoms with E-state index in [1.165, 1.54) is 119 Å². The molecule has 0 saturated carbocycles. The van der Waals surface area contributed by atoms with Crippen molar-refractivity contribution in [2.45, 2.75) is 121 Å². The highest BCUT2D eigenvalue weighted by atomic mass is 33.5. The third-order valence-electron chi connectivity index (χ3n) is 8.41. The van der Waals surface area contributed by atoms with Gasteiger partial charge in [0.15, 0.2) is 5.78 Å². The van der Waals surface area contributed by atoms with Crippen molar-refractivity contribution in [3.63, 3.8) is 0 Å². The Bertz CT molecular complexity index is 1150. The summed E-state index contributed by atoms with van der Waals surface area (Å²) in [7, 11) is 2.72. The summed E-state index contributed by atoms with van der Waals surface area (Å²) in [5.74, 6) is 2.12. The zero-order valence-corrected chi connectivity index (χ0v) is 30.1. The van der Waals surface area contributed by atoms with Gasteiger partial charge >= 0.3 is 0 Å². The van der Waals surface area contributed by atoms with Crippen LogP contribution in [-0.2, 0) is 6.42 Å². The second-order valence-corrected chi connectivity index (χ2v) is 21.0. The van der Waals surface area contributed by atoms with Crippen LogP contribution in [0.2, 0.25) is 0 Å². The second-order valence-electron chi connectivity index (χ2n) is 12.6. The molecule has 1 nitrogen and oxygen atoms in total. The van der Waals surface area contributed by atoms with Crippen LogP contribution in [0.5, 0.6) is 0 Å². The Kier molecular flexibility index (Phi) is 19.1. The van der Waals surface area contributed by atoms with E-state index in [-0.39, 0.29) is 0 Å². The third kappa shape index (κ3) is 16.1. The molecule has 0 heterocycles. The number of Topliss-reactive ketones (excluding diaryl/α,β-unsaturated/α-hetero) is 1. The summed E-state index contributed by atoms with van der Waals surface area (Å²) in [6, 6.07) is 29.6. The molecule has 1 unspecified atom stereocenters. The van der Waals surface area contributed by atoms with E-state index in [1.54, 1.807) is 0 Å². The number of carbonyl (C=O) groups is 1. The second kappa shape index (κ2) is 22.8. The van der Waals surface area contributed by atoms with Crippen LogP contribution in [0.25, 0.3) is 0 Å². The van der Waals surface area contributed by atoms with Crippen LogP contribution in [0.1, 0.15) is 131 Å². The van der Waals surface area contributed by atoms with Gasteiger partial charge in [-0.1, -0.05) is 176 Å².